The van der Waals surface area contributed by atoms with Gasteiger partial charge in [-0.15, -0.1) is 0 Å². The van der Waals surface area contributed by atoms with Crippen molar-refractivity contribution in [1.82, 2.24) is 4.98 Å². The summed E-state index contributed by atoms with van der Waals surface area (Å²) in [4.78, 5) is 28.9. The van der Waals surface area contributed by atoms with Crippen LogP contribution in [0.15, 0.2) is 18.3 Å². The van der Waals surface area contributed by atoms with Crippen molar-refractivity contribution in [3.63, 3.8) is 0 Å². The molecule has 21 heavy (non-hydrogen) atoms. The zero-order valence-electron chi connectivity index (χ0n) is 12.2. The average molecular weight is 309 g/mol. The summed E-state index contributed by atoms with van der Waals surface area (Å²) in [5.74, 6) is -0.221. The van der Waals surface area contributed by atoms with E-state index in [4.69, 9.17) is 16.3 Å². The van der Waals surface area contributed by atoms with E-state index in [1.807, 2.05) is 20.8 Å². The van der Waals surface area contributed by atoms with Crippen molar-refractivity contribution in [3.05, 3.63) is 23.4 Å². The highest BCUT2D eigenvalue weighted by Gasteiger charge is 2.75. The predicted molar refractivity (Wildman–Crippen MR) is 77.8 cm³/mol. The van der Waals surface area contributed by atoms with Gasteiger partial charge in [0, 0.05) is 11.6 Å². The zero-order chi connectivity index (χ0) is 15.5. The zero-order valence-corrected chi connectivity index (χ0v) is 13.0. The van der Waals surface area contributed by atoms with Gasteiger partial charge >= 0.3 is 5.97 Å². The van der Waals surface area contributed by atoms with E-state index in [0.717, 1.165) is 0 Å². The molecule has 0 radical (unpaired) electrons. The smallest absolute Gasteiger partial charge is 0.313 e. The number of hydrogen-bond donors (Lipinski definition) is 1. The summed E-state index contributed by atoms with van der Waals surface area (Å²) in [6.07, 6.45) is 2.64. The van der Waals surface area contributed by atoms with Gasteiger partial charge in [-0.2, -0.15) is 0 Å². The monoisotopic (exact) mass is 308 g/mol. The van der Waals surface area contributed by atoms with Crippen LogP contribution in [-0.2, 0) is 14.3 Å². The van der Waals surface area contributed by atoms with Crippen molar-refractivity contribution in [3.8, 4) is 0 Å². The van der Waals surface area contributed by atoms with Gasteiger partial charge < -0.3 is 10.1 Å². The molecule has 2 aliphatic rings. The first-order chi connectivity index (χ1) is 9.73. The first-order valence-electron chi connectivity index (χ1n) is 6.89. The summed E-state index contributed by atoms with van der Waals surface area (Å²) in [6, 6.07) is 3.27. The Labute approximate surface area is 128 Å². The predicted octanol–water partition coefficient (Wildman–Crippen LogP) is 2.80. The number of ether oxygens (including phenoxy) is 1. The Morgan fingerprint density at radius 1 is 1.33 bits per heavy atom. The molecule has 112 valence electrons. The Hall–Kier alpha value is -1.62. The average Bonchev–Trinajstić information content (AvgIpc) is 2.72. The largest absolute Gasteiger partial charge is 0.448 e. The Morgan fingerprint density at radius 2 is 2.05 bits per heavy atom. The minimum absolute atomic E-state index is 0.294. The molecule has 0 unspecified atom stereocenters. The molecule has 1 saturated carbocycles. The van der Waals surface area contributed by atoms with Gasteiger partial charge in [0.2, 0.25) is 0 Å². The van der Waals surface area contributed by atoms with Crippen LogP contribution in [0, 0.1) is 10.8 Å². The van der Waals surface area contributed by atoms with Crippen molar-refractivity contribution >= 4 is 29.3 Å². The molecule has 0 spiro atoms. The van der Waals surface area contributed by atoms with E-state index >= 15 is 0 Å². The Balaban J connectivity index is 1.91. The number of fused-ring (bicyclic) bond motifs is 2. The van der Waals surface area contributed by atoms with Crippen LogP contribution >= 0.6 is 11.6 Å². The molecule has 2 heterocycles. The van der Waals surface area contributed by atoms with Crippen LogP contribution in [0.5, 0.6) is 0 Å². The number of hydrogen-bond acceptors (Lipinski definition) is 4. The molecule has 2 atom stereocenters. The van der Waals surface area contributed by atoms with Crippen molar-refractivity contribution < 1.29 is 14.3 Å². The molecular weight excluding hydrogens is 292 g/mol. The molecule has 0 aromatic carbocycles. The van der Waals surface area contributed by atoms with Gasteiger partial charge in [-0.25, -0.2) is 4.98 Å². The Morgan fingerprint density at radius 3 is 2.52 bits per heavy atom. The maximum Gasteiger partial charge on any atom is 0.313 e. The number of nitrogens with zero attached hydrogens (tertiary/aromatic N) is 1. The van der Waals surface area contributed by atoms with Crippen LogP contribution in [0.25, 0.3) is 0 Å². The maximum absolute atomic E-state index is 12.7. The lowest BCUT2D eigenvalue weighted by atomic mass is 9.66. The lowest BCUT2D eigenvalue weighted by Gasteiger charge is -2.35. The van der Waals surface area contributed by atoms with Gasteiger partial charge in [-0.1, -0.05) is 25.4 Å². The molecule has 1 N–H and O–H groups in total. The van der Waals surface area contributed by atoms with E-state index in [1.165, 1.54) is 6.20 Å². The number of esters is 1. The highest BCUT2D eigenvalue weighted by molar-refractivity contribution is 6.30. The molecule has 2 fully saturated rings. The minimum Gasteiger partial charge on any atom is -0.448 e. The van der Waals surface area contributed by atoms with E-state index in [0.29, 0.717) is 23.7 Å². The van der Waals surface area contributed by atoms with Crippen molar-refractivity contribution in [1.29, 1.82) is 0 Å². The van der Waals surface area contributed by atoms with E-state index in [9.17, 15) is 9.59 Å². The number of carbonyl (C=O) groups is 2. The second-order valence-corrected chi connectivity index (χ2v) is 6.93. The number of nitrogens with one attached hydrogen (secondary N) is 1. The third-order valence-corrected chi connectivity index (χ3v) is 5.64. The van der Waals surface area contributed by atoms with Crippen molar-refractivity contribution in [2.45, 2.75) is 39.2 Å². The third-order valence-electron chi connectivity index (χ3n) is 5.42. The molecule has 1 aliphatic carbocycles. The van der Waals surface area contributed by atoms with Gasteiger partial charge in [0.25, 0.3) is 5.91 Å². The van der Waals surface area contributed by atoms with E-state index in [2.05, 4.69) is 10.3 Å². The van der Waals surface area contributed by atoms with Gasteiger partial charge in [0.15, 0.2) is 5.60 Å². The van der Waals surface area contributed by atoms with Crippen LogP contribution in [-0.4, -0.2) is 22.5 Å². The summed E-state index contributed by atoms with van der Waals surface area (Å²) in [5, 5.41) is 3.23. The van der Waals surface area contributed by atoms with Crippen molar-refractivity contribution in [2.75, 3.05) is 5.32 Å². The molecule has 1 aromatic rings. The number of aromatic nitrogens is 1. The quantitative estimate of drug-likeness (QED) is 0.853. The van der Waals surface area contributed by atoms with E-state index in [-0.39, 0.29) is 11.9 Å². The highest BCUT2D eigenvalue weighted by Crippen LogP contribution is 2.65. The first-order valence-corrected chi connectivity index (χ1v) is 7.27. The molecule has 1 aromatic heterocycles. The second-order valence-electron chi connectivity index (χ2n) is 6.49. The third kappa shape index (κ3) is 1.67. The van der Waals surface area contributed by atoms with Crippen LogP contribution < -0.4 is 5.32 Å². The fourth-order valence-corrected chi connectivity index (χ4v) is 3.53. The minimum atomic E-state index is -1.12. The molecule has 5 nitrogen and oxygen atoms in total. The summed E-state index contributed by atoms with van der Waals surface area (Å²) >= 11 is 5.77. The maximum atomic E-state index is 12.7. The molecule has 1 aliphatic heterocycles. The summed E-state index contributed by atoms with van der Waals surface area (Å²) < 4.78 is 5.52. The number of rotatable bonds is 2. The summed E-state index contributed by atoms with van der Waals surface area (Å²) in [7, 11) is 0. The fourth-order valence-electron chi connectivity index (χ4n) is 3.41. The second kappa shape index (κ2) is 4.19. The topological polar surface area (TPSA) is 68.3 Å². The van der Waals surface area contributed by atoms with Gasteiger partial charge in [0.05, 0.1) is 10.4 Å². The van der Waals surface area contributed by atoms with Gasteiger partial charge in [-0.05, 0) is 31.9 Å². The highest BCUT2D eigenvalue weighted by atomic mass is 35.5. The summed E-state index contributed by atoms with van der Waals surface area (Å²) in [6.45, 7) is 5.71. The Kier molecular flexibility index (Phi) is 2.86. The number of carbonyl (C=O) groups excluding carboxylic acids is 2. The van der Waals surface area contributed by atoms with Gasteiger partial charge in [-0.3, -0.25) is 9.59 Å². The van der Waals surface area contributed by atoms with Crippen LogP contribution in [0.4, 0.5) is 5.82 Å². The van der Waals surface area contributed by atoms with Crippen LogP contribution in [0.2, 0.25) is 5.02 Å². The number of pyridine rings is 1. The van der Waals surface area contributed by atoms with Crippen LogP contribution in [0.1, 0.15) is 33.6 Å². The standard InChI is InChI=1S/C15H17ClN2O3/c1-13(2)14(3)6-7-15(13,21-12(14)20)11(19)18-10-5-4-9(16)8-17-10/h4-5,8H,6-7H2,1-3H3,(H,17,18,19)/t14-,15+/m0/s1. The van der Waals surface area contributed by atoms with Crippen molar-refractivity contribution in [2.24, 2.45) is 10.8 Å². The van der Waals surface area contributed by atoms with E-state index < -0.39 is 16.4 Å². The molecule has 1 amide bonds. The molecule has 3 rings (SSSR count). The van der Waals surface area contributed by atoms with Crippen LogP contribution in [0.3, 0.4) is 0 Å². The lowest BCUT2D eigenvalue weighted by molar-refractivity contribution is -0.165. The molecule has 6 heteroatoms. The number of halogens is 1. The lowest BCUT2D eigenvalue weighted by Crippen LogP contribution is -2.50. The van der Waals surface area contributed by atoms with E-state index in [1.54, 1.807) is 12.1 Å². The SMILES string of the molecule is CC1(C)[C@@]2(C)CC[C@]1(C(=O)Nc1ccc(Cl)cn1)OC2=O. The molecular formula is C15H17ClN2O3. The fraction of sp³-hybridized carbons (Fsp3) is 0.533. The summed E-state index contributed by atoms with van der Waals surface area (Å²) in [5.41, 5.74) is -2.30. The molecule has 2 bridgehead atoms. The van der Waals surface area contributed by atoms with Gasteiger partial charge in [0.1, 0.15) is 5.82 Å². The first kappa shape index (κ1) is 14.3. The number of anilines is 1. The number of amides is 1. The normalized spacial score (nSPS) is 32.9. The Bertz CT molecular complexity index is 628. The molecule has 1 saturated heterocycles.